The highest BCUT2D eigenvalue weighted by Gasteiger charge is 2.42. The average Bonchev–Trinajstić information content (AvgIpc) is 3.01. The minimum Gasteiger partial charge on any atom is -0.409 e. The Labute approximate surface area is 86.0 Å². The Morgan fingerprint density at radius 1 is 1.67 bits per heavy atom. The van der Waals surface area contributed by atoms with Gasteiger partial charge < -0.3 is 15.8 Å². The molecule has 1 aromatic heterocycles. The van der Waals surface area contributed by atoms with E-state index in [0.717, 1.165) is 0 Å². The fraction of sp³-hybridized carbons (Fsp3) is 0.222. The van der Waals surface area contributed by atoms with Crippen LogP contribution in [0.5, 0.6) is 0 Å². The van der Waals surface area contributed by atoms with Crippen molar-refractivity contribution in [2.24, 2.45) is 10.9 Å². The van der Waals surface area contributed by atoms with Gasteiger partial charge in [-0.2, -0.15) is 0 Å². The summed E-state index contributed by atoms with van der Waals surface area (Å²) in [5, 5.41) is 12.0. The van der Waals surface area contributed by atoms with Crippen molar-refractivity contribution in [1.29, 1.82) is 0 Å². The number of aromatic nitrogens is 1. The summed E-state index contributed by atoms with van der Waals surface area (Å²) < 4.78 is 0. The lowest BCUT2D eigenvalue weighted by Crippen LogP contribution is -2.25. The predicted octanol–water partition coefficient (Wildman–Crippen LogP) is -0.613. The van der Waals surface area contributed by atoms with Crippen molar-refractivity contribution in [2.75, 3.05) is 6.54 Å². The standard InChI is InChI=1S/C9H10N4O2/c10-8(14)7-5-13(7)9(12-15)6-3-1-2-4-11-6/h1-4,7,15H,5H2,(H2,10,14)/b12-9-. The number of amidine groups is 1. The van der Waals surface area contributed by atoms with Crippen molar-refractivity contribution in [3.8, 4) is 0 Å². The first kappa shape index (κ1) is 9.45. The third-order valence-electron chi connectivity index (χ3n) is 2.20. The zero-order valence-electron chi connectivity index (χ0n) is 7.87. The van der Waals surface area contributed by atoms with Crippen LogP contribution in [-0.2, 0) is 4.79 Å². The molecule has 6 heteroatoms. The molecule has 0 radical (unpaired) electrons. The van der Waals surface area contributed by atoms with Crippen molar-refractivity contribution in [3.05, 3.63) is 30.1 Å². The SMILES string of the molecule is NC(=O)C1CN1/C(=N\O)c1ccccn1. The molecule has 0 bridgehead atoms. The van der Waals surface area contributed by atoms with E-state index in [1.807, 2.05) is 0 Å². The Kier molecular flexibility index (Phi) is 2.24. The van der Waals surface area contributed by atoms with Gasteiger partial charge >= 0.3 is 0 Å². The van der Waals surface area contributed by atoms with E-state index in [9.17, 15) is 4.79 Å². The Morgan fingerprint density at radius 2 is 2.47 bits per heavy atom. The van der Waals surface area contributed by atoms with Gasteiger partial charge in [-0.3, -0.25) is 9.78 Å². The second-order valence-electron chi connectivity index (χ2n) is 3.21. The third-order valence-corrected chi connectivity index (χ3v) is 2.20. The van der Waals surface area contributed by atoms with Crippen molar-refractivity contribution in [2.45, 2.75) is 6.04 Å². The lowest BCUT2D eigenvalue weighted by Gasteiger charge is -2.04. The van der Waals surface area contributed by atoms with E-state index in [1.54, 1.807) is 29.3 Å². The molecular formula is C9H10N4O2. The first-order valence-electron chi connectivity index (χ1n) is 4.43. The number of carbonyl (C=O) groups excluding carboxylic acids is 1. The van der Waals surface area contributed by atoms with Gasteiger partial charge in [-0.1, -0.05) is 11.2 Å². The number of hydrogen-bond donors (Lipinski definition) is 2. The summed E-state index contributed by atoms with van der Waals surface area (Å²) >= 11 is 0. The average molecular weight is 206 g/mol. The van der Waals surface area contributed by atoms with Crippen LogP contribution >= 0.6 is 0 Å². The van der Waals surface area contributed by atoms with Gasteiger partial charge in [0.2, 0.25) is 5.91 Å². The number of rotatable bonds is 2. The second-order valence-corrected chi connectivity index (χ2v) is 3.21. The van der Waals surface area contributed by atoms with E-state index in [-0.39, 0.29) is 11.9 Å². The molecule has 1 aliphatic heterocycles. The highest BCUT2D eigenvalue weighted by molar-refractivity contribution is 6.02. The van der Waals surface area contributed by atoms with E-state index >= 15 is 0 Å². The van der Waals surface area contributed by atoms with Crippen LogP contribution < -0.4 is 5.73 Å². The van der Waals surface area contributed by atoms with Crippen molar-refractivity contribution >= 4 is 11.7 Å². The minimum absolute atomic E-state index is 0.277. The van der Waals surface area contributed by atoms with Gasteiger partial charge in [0, 0.05) is 12.7 Å². The number of oxime groups is 1. The molecule has 1 saturated heterocycles. The fourth-order valence-corrected chi connectivity index (χ4v) is 1.37. The molecule has 0 spiro atoms. The number of nitrogens with two attached hydrogens (primary N) is 1. The molecule has 1 aromatic rings. The van der Waals surface area contributed by atoms with Crippen molar-refractivity contribution in [3.63, 3.8) is 0 Å². The number of nitrogens with zero attached hydrogens (tertiary/aromatic N) is 3. The number of carbonyl (C=O) groups is 1. The molecule has 0 saturated carbocycles. The minimum atomic E-state index is -0.424. The van der Waals surface area contributed by atoms with Crippen LogP contribution in [0.2, 0.25) is 0 Å². The zero-order valence-corrected chi connectivity index (χ0v) is 7.87. The molecule has 1 amide bonds. The van der Waals surface area contributed by atoms with Gasteiger partial charge in [-0.05, 0) is 12.1 Å². The van der Waals surface area contributed by atoms with Crippen LogP contribution in [-0.4, -0.2) is 39.4 Å². The van der Waals surface area contributed by atoms with E-state index in [0.29, 0.717) is 12.2 Å². The largest absolute Gasteiger partial charge is 0.409 e. The number of amides is 1. The zero-order chi connectivity index (χ0) is 10.8. The molecule has 1 atom stereocenters. The maximum Gasteiger partial charge on any atom is 0.242 e. The maximum atomic E-state index is 10.8. The van der Waals surface area contributed by atoms with Gasteiger partial charge in [0.1, 0.15) is 11.7 Å². The van der Waals surface area contributed by atoms with Gasteiger partial charge in [-0.25, -0.2) is 0 Å². The first-order valence-corrected chi connectivity index (χ1v) is 4.43. The van der Waals surface area contributed by atoms with Crippen molar-refractivity contribution in [1.82, 2.24) is 9.88 Å². The molecule has 78 valence electrons. The lowest BCUT2D eigenvalue weighted by atomic mass is 10.3. The summed E-state index contributed by atoms with van der Waals surface area (Å²) in [5.41, 5.74) is 5.64. The molecule has 1 aliphatic rings. The van der Waals surface area contributed by atoms with Gasteiger partial charge in [0.15, 0.2) is 5.84 Å². The summed E-state index contributed by atoms with van der Waals surface area (Å²) in [6, 6.07) is 4.85. The summed E-state index contributed by atoms with van der Waals surface area (Å²) in [4.78, 5) is 16.5. The van der Waals surface area contributed by atoms with E-state index < -0.39 is 5.91 Å². The summed E-state index contributed by atoms with van der Waals surface area (Å²) in [6.45, 7) is 0.477. The maximum absolute atomic E-state index is 10.8. The molecule has 0 aromatic carbocycles. The molecule has 0 aliphatic carbocycles. The third kappa shape index (κ3) is 1.74. The smallest absolute Gasteiger partial charge is 0.242 e. The Balaban J connectivity index is 2.18. The number of hydrogen-bond acceptors (Lipinski definition) is 4. The molecule has 2 heterocycles. The van der Waals surface area contributed by atoms with Crippen LogP contribution in [0.15, 0.2) is 29.6 Å². The lowest BCUT2D eigenvalue weighted by molar-refractivity contribution is -0.117. The van der Waals surface area contributed by atoms with Crippen LogP contribution in [0.4, 0.5) is 0 Å². The van der Waals surface area contributed by atoms with E-state index in [1.165, 1.54) is 0 Å². The first-order chi connectivity index (χ1) is 7.24. The van der Waals surface area contributed by atoms with Gasteiger partial charge in [-0.15, -0.1) is 0 Å². The Morgan fingerprint density at radius 3 is 2.93 bits per heavy atom. The fourth-order valence-electron chi connectivity index (χ4n) is 1.37. The number of primary amides is 1. The van der Waals surface area contributed by atoms with Crippen molar-refractivity contribution < 1.29 is 10.0 Å². The molecule has 1 unspecified atom stereocenters. The molecule has 3 N–H and O–H groups in total. The number of pyridine rings is 1. The summed E-state index contributed by atoms with van der Waals surface area (Å²) in [6.07, 6.45) is 1.59. The summed E-state index contributed by atoms with van der Waals surface area (Å²) in [7, 11) is 0. The Bertz CT molecular complexity index is 404. The predicted molar refractivity (Wildman–Crippen MR) is 52.2 cm³/mol. The van der Waals surface area contributed by atoms with Gasteiger partial charge in [0.05, 0.1) is 0 Å². The Hall–Kier alpha value is -2.11. The van der Waals surface area contributed by atoms with Crippen LogP contribution in [0.3, 0.4) is 0 Å². The normalized spacial score (nSPS) is 20.1. The molecule has 6 nitrogen and oxygen atoms in total. The topological polar surface area (TPSA) is 91.6 Å². The highest BCUT2D eigenvalue weighted by Crippen LogP contribution is 2.20. The summed E-state index contributed by atoms with van der Waals surface area (Å²) in [5.74, 6) is -0.147. The van der Waals surface area contributed by atoms with Crippen LogP contribution in [0, 0.1) is 0 Å². The van der Waals surface area contributed by atoms with E-state index in [2.05, 4.69) is 10.1 Å². The molecule has 15 heavy (non-hydrogen) atoms. The second kappa shape index (κ2) is 3.56. The quantitative estimate of drug-likeness (QED) is 0.222. The van der Waals surface area contributed by atoms with E-state index in [4.69, 9.17) is 10.9 Å². The van der Waals surface area contributed by atoms with Gasteiger partial charge in [0.25, 0.3) is 0 Å². The molecular weight excluding hydrogens is 196 g/mol. The molecule has 2 rings (SSSR count). The van der Waals surface area contributed by atoms with Crippen LogP contribution in [0.1, 0.15) is 5.69 Å². The monoisotopic (exact) mass is 206 g/mol. The molecule has 1 fully saturated rings. The van der Waals surface area contributed by atoms with Crippen LogP contribution in [0.25, 0.3) is 0 Å². The highest BCUT2D eigenvalue weighted by atomic mass is 16.4.